The summed E-state index contributed by atoms with van der Waals surface area (Å²) < 4.78 is 68.5. The molecule has 19 heteroatoms. The first-order valence-electron chi connectivity index (χ1n) is 38.8. The van der Waals surface area contributed by atoms with E-state index in [0.717, 1.165) is 108 Å². The van der Waals surface area contributed by atoms with Crippen LogP contribution in [0.3, 0.4) is 0 Å². The van der Waals surface area contributed by atoms with Crippen molar-refractivity contribution in [2.24, 2.45) is 17.8 Å². The van der Waals surface area contributed by atoms with Crippen LogP contribution in [0.5, 0.6) is 0 Å². The Morgan fingerprint density at radius 2 is 0.489 bits per heavy atom. The maximum Gasteiger partial charge on any atom is 0.472 e. The van der Waals surface area contributed by atoms with Crippen molar-refractivity contribution in [1.82, 2.24) is 0 Å². The van der Waals surface area contributed by atoms with Gasteiger partial charge in [0.2, 0.25) is 0 Å². The molecular formula is C75H146O17P2. The van der Waals surface area contributed by atoms with Gasteiger partial charge in [-0.3, -0.25) is 37.3 Å². The quantitative estimate of drug-likeness (QED) is 0.0222. The Balaban J connectivity index is 5.24. The van der Waals surface area contributed by atoms with E-state index in [1.165, 1.54) is 186 Å². The highest BCUT2D eigenvalue weighted by Gasteiger charge is 2.30. The molecule has 0 aromatic carbocycles. The predicted octanol–water partition coefficient (Wildman–Crippen LogP) is 21.8. The highest BCUT2D eigenvalue weighted by atomic mass is 31.2. The molecular weight excluding hydrogens is 1230 g/mol. The molecule has 0 saturated carbocycles. The molecule has 0 aliphatic rings. The van der Waals surface area contributed by atoms with Gasteiger partial charge < -0.3 is 33.8 Å². The second-order valence-electron chi connectivity index (χ2n) is 28.5. The molecule has 0 aromatic rings. The van der Waals surface area contributed by atoms with Crippen LogP contribution in [-0.2, 0) is 65.4 Å². The number of aliphatic hydroxyl groups is 1. The fourth-order valence-corrected chi connectivity index (χ4v) is 13.0. The largest absolute Gasteiger partial charge is 0.472 e. The normalized spacial score (nSPS) is 14.1. The van der Waals surface area contributed by atoms with E-state index in [9.17, 15) is 43.2 Å². The molecule has 558 valence electrons. The average Bonchev–Trinajstić information content (AvgIpc) is 1.20. The van der Waals surface area contributed by atoms with Gasteiger partial charge in [0, 0.05) is 25.7 Å². The third-order valence-electron chi connectivity index (χ3n) is 17.4. The van der Waals surface area contributed by atoms with Gasteiger partial charge in [-0.05, 0) is 43.4 Å². The first-order valence-corrected chi connectivity index (χ1v) is 41.8. The molecule has 5 atom stereocenters. The highest BCUT2D eigenvalue weighted by molar-refractivity contribution is 7.47. The zero-order chi connectivity index (χ0) is 69.4. The molecule has 0 rings (SSSR count). The molecule has 0 fully saturated rings. The lowest BCUT2D eigenvalue weighted by molar-refractivity contribution is -0.161. The molecule has 2 unspecified atom stereocenters. The standard InChI is InChI=1S/C75H146O17P2/c1-8-9-10-11-12-13-14-15-16-17-25-30-35-44-51-58-75(80)92-71(63-86-73(78)57-50-43-38-37-41-48-55-68(6)7)65-90-94(83,84)88-61-69(76)60-87-93(81,82)89-64-70(91-74(79)59-52-45-36-31-26-21-19-23-28-33-40-47-54-67(4)5)62-85-72(77)56-49-42-34-29-24-20-18-22-27-32-39-46-53-66(2)3/h66-71,76H,8-65H2,1-7H3,(H,81,82)(H,83,84)/t69-,70-,71-/m1/s1. The summed E-state index contributed by atoms with van der Waals surface area (Å²) in [5, 5.41) is 10.6. The maximum atomic E-state index is 13.1. The van der Waals surface area contributed by atoms with E-state index in [4.69, 9.17) is 37.0 Å². The molecule has 17 nitrogen and oxygen atoms in total. The smallest absolute Gasteiger partial charge is 0.462 e. The minimum Gasteiger partial charge on any atom is -0.462 e. The molecule has 94 heavy (non-hydrogen) atoms. The third-order valence-corrected chi connectivity index (χ3v) is 19.3. The molecule has 0 amide bonds. The van der Waals surface area contributed by atoms with Crippen molar-refractivity contribution in [2.45, 2.75) is 401 Å². The van der Waals surface area contributed by atoms with Gasteiger partial charge in [0.05, 0.1) is 26.4 Å². The zero-order valence-corrected chi connectivity index (χ0v) is 63.2. The van der Waals surface area contributed by atoms with E-state index in [1.54, 1.807) is 0 Å². The van der Waals surface area contributed by atoms with Crippen LogP contribution < -0.4 is 0 Å². The van der Waals surface area contributed by atoms with Crippen LogP contribution in [0.15, 0.2) is 0 Å². The lowest BCUT2D eigenvalue weighted by Gasteiger charge is -2.21. The van der Waals surface area contributed by atoms with Crippen molar-refractivity contribution in [3.05, 3.63) is 0 Å². The molecule has 3 N–H and O–H groups in total. The minimum absolute atomic E-state index is 0.107. The Kier molecular flexibility index (Phi) is 64.3. The fourth-order valence-electron chi connectivity index (χ4n) is 11.4. The van der Waals surface area contributed by atoms with E-state index in [0.29, 0.717) is 31.6 Å². The monoisotopic (exact) mass is 1380 g/mol. The number of unbranched alkanes of at least 4 members (excludes halogenated alkanes) is 41. The Bertz CT molecular complexity index is 1840. The van der Waals surface area contributed by atoms with Crippen molar-refractivity contribution in [3.8, 4) is 0 Å². The van der Waals surface area contributed by atoms with Crippen LogP contribution in [0.1, 0.15) is 382 Å². The van der Waals surface area contributed by atoms with Gasteiger partial charge in [0.15, 0.2) is 12.2 Å². The Hall–Kier alpha value is -1.94. The number of hydrogen-bond acceptors (Lipinski definition) is 15. The van der Waals surface area contributed by atoms with Crippen LogP contribution in [-0.4, -0.2) is 96.7 Å². The van der Waals surface area contributed by atoms with Crippen LogP contribution in [0.25, 0.3) is 0 Å². The van der Waals surface area contributed by atoms with Crippen molar-refractivity contribution < 1.29 is 80.2 Å². The number of rotatable bonds is 73. The topological polar surface area (TPSA) is 237 Å². The number of aliphatic hydroxyl groups excluding tert-OH is 1. The Morgan fingerprint density at radius 1 is 0.287 bits per heavy atom. The van der Waals surface area contributed by atoms with Gasteiger partial charge in [-0.25, -0.2) is 9.13 Å². The maximum absolute atomic E-state index is 13.1. The lowest BCUT2D eigenvalue weighted by Crippen LogP contribution is -2.30. The number of ether oxygens (including phenoxy) is 4. The van der Waals surface area contributed by atoms with E-state index in [2.05, 4.69) is 48.5 Å². The number of hydrogen-bond donors (Lipinski definition) is 3. The van der Waals surface area contributed by atoms with Crippen LogP contribution in [0, 0.1) is 17.8 Å². The molecule has 0 spiro atoms. The molecule has 0 aliphatic carbocycles. The molecule has 0 heterocycles. The third kappa shape index (κ3) is 68.6. The van der Waals surface area contributed by atoms with Gasteiger partial charge in [0.1, 0.15) is 19.3 Å². The molecule has 0 radical (unpaired) electrons. The van der Waals surface area contributed by atoms with E-state index >= 15 is 0 Å². The van der Waals surface area contributed by atoms with E-state index in [-0.39, 0.29) is 25.7 Å². The minimum atomic E-state index is -4.96. The summed E-state index contributed by atoms with van der Waals surface area (Å²) in [6, 6.07) is 0. The molecule has 0 bridgehead atoms. The molecule has 0 saturated heterocycles. The van der Waals surface area contributed by atoms with E-state index < -0.39 is 97.5 Å². The van der Waals surface area contributed by atoms with Gasteiger partial charge in [-0.2, -0.15) is 0 Å². The number of phosphoric acid groups is 2. The number of phosphoric ester groups is 2. The summed E-state index contributed by atoms with van der Waals surface area (Å²) >= 11 is 0. The lowest BCUT2D eigenvalue weighted by atomic mass is 10.0. The van der Waals surface area contributed by atoms with Crippen LogP contribution >= 0.6 is 15.6 Å². The summed E-state index contributed by atoms with van der Waals surface area (Å²) in [7, 11) is -9.91. The summed E-state index contributed by atoms with van der Waals surface area (Å²) in [6.07, 6.45) is 51.4. The SMILES string of the molecule is CCCCCCCCCCCCCCCCCC(=O)O[C@H](COC(=O)CCCCCCCCC(C)C)COP(=O)(O)OC[C@H](O)COP(=O)(O)OC[C@@H](COC(=O)CCCCCCCCCCCCCCC(C)C)OC(=O)CCCCCCCCCCCCCCC(C)C. The number of carbonyl (C=O) groups excluding carboxylic acids is 4. The van der Waals surface area contributed by atoms with Crippen LogP contribution in [0.4, 0.5) is 0 Å². The second kappa shape index (κ2) is 65.7. The molecule has 0 aliphatic heterocycles. The number of esters is 4. The summed E-state index contributed by atoms with van der Waals surface area (Å²) in [6.45, 7) is 11.8. The van der Waals surface area contributed by atoms with Crippen molar-refractivity contribution in [3.63, 3.8) is 0 Å². The number of carbonyl (C=O) groups is 4. The van der Waals surface area contributed by atoms with Crippen LogP contribution in [0.2, 0.25) is 0 Å². The van der Waals surface area contributed by atoms with E-state index in [1.807, 2.05) is 0 Å². The highest BCUT2D eigenvalue weighted by Crippen LogP contribution is 2.45. The first kappa shape index (κ1) is 92.1. The summed E-state index contributed by atoms with van der Waals surface area (Å²) in [5.41, 5.74) is 0. The van der Waals surface area contributed by atoms with Gasteiger partial charge in [0.25, 0.3) is 0 Å². The zero-order valence-electron chi connectivity index (χ0n) is 61.4. The summed E-state index contributed by atoms with van der Waals surface area (Å²) in [4.78, 5) is 72.8. The predicted molar refractivity (Wildman–Crippen MR) is 381 cm³/mol. The molecule has 0 aromatic heterocycles. The summed E-state index contributed by atoms with van der Waals surface area (Å²) in [5.74, 6) is 0.118. The Morgan fingerprint density at radius 3 is 0.723 bits per heavy atom. The Labute approximate surface area is 575 Å². The fraction of sp³-hybridized carbons (Fsp3) is 0.947. The van der Waals surface area contributed by atoms with Gasteiger partial charge >= 0.3 is 39.5 Å². The van der Waals surface area contributed by atoms with Crippen molar-refractivity contribution in [1.29, 1.82) is 0 Å². The van der Waals surface area contributed by atoms with Gasteiger partial charge in [-0.15, -0.1) is 0 Å². The van der Waals surface area contributed by atoms with Gasteiger partial charge in [-0.1, -0.05) is 331 Å². The average molecular weight is 1380 g/mol. The second-order valence-corrected chi connectivity index (χ2v) is 31.4. The first-order chi connectivity index (χ1) is 45.2. The van der Waals surface area contributed by atoms with Crippen molar-refractivity contribution >= 4 is 39.5 Å². The van der Waals surface area contributed by atoms with Crippen molar-refractivity contribution in [2.75, 3.05) is 39.6 Å².